The normalized spacial score (nSPS) is 18.7. The maximum atomic E-state index is 13.2. The molecule has 1 aromatic heterocycles. The van der Waals surface area contributed by atoms with Crippen molar-refractivity contribution in [1.82, 2.24) is 14.5 Å². The Bertz CT molecular complexity index is 927. The molecular formula is C21H25N3O3S2. The molecule has 1 atom stereocenters. The second-order valence-corrected chi connectivity index (χ2v) is 9.67. The summed E-state index contributed by atoms with van der Waals surface area (Å²) in [4.78, 5) is 33.1. The monoisotopic (exact) mass is 431 g/mol. The van der Waals surface area contributed by atoms with E-state index in [-0.39, 0.29) is 11.5 Å². The van der Waals surface area contributed by atoms with Crippen LogP contribution in [0.15, 0.2) is 45.2 Å². The summed E-state index contributed by atoms with van der Waals surface area (Å²) < 4.78 is 7.08. The molecular weight excluding hydrogens is 406 g/mol. The number of amides is 1. The van der Waals surface area contributed by atoms with E-state index in [4.69, 9.17) is 9.72 Å². The molecule has 154 valence electrons. The Balaban J connectivity index is 1.54. The Morgan fingerprint density at radius 2 is 2.03 bits per heavy atom. The third-order valence-corrected chi connectivity index (χ3v) is 7.29. The third kappa shape index (κ3) is 4.87. The number of nitrogens with zero attached hydrogens (tertiary/aromatic N) is 3. The number of benzene rings is 1. The molecule has 4 rings (SSSR count). The molecule has 1 amide bonds. The highest BCUT2D eigenvalue weighted by Gasteiger charge is 2.27. The summed E-state index contributed by atoms with van der Waals surface area (Å²) in [5.41, 5.74) is 2.09. The first-order valence-corrected chi connectivity index (χ1v) is 11.8. The Hall–Kier alpha value is -1.77. The van der Waals surface area contributed by atoms with E-state index >= 15 is 0 Å². The fraction of sp³-hybridized carbons (Fsp3) is 0.476. The van der Waals surface area contributed by atoms with Gasteiger partial charge in [0, 0.05) is 31.3 Å². The van der Waals surface area contributed by atoms with E-state index in [1.165, 1.54) is 17.3 Å². The number of fused-ring (bicyclic) bond motifs is 1. The summed E-state index contributed by atoms with van der Waals surface area (Å²) in [6.45, 7) is 5.12. The lowest BCUT2D eigenvalue weighted by molar-refractivity contribution is -0.132. The van der Waals surface area contributed by atoms with Gasteiger partial charge in [-0.3, -0.25) is 14.2 Å². The van der Waals surface area contributed by atoms with Crippen LogP contribution >= 0.6 is 23.5 Å². The van der Waals surface area contributed by atoms with E-state index in [0.29, 0.717) is 49.0 Å². The standard InChI is InChI=1S/C21H25N3O3S2/c1-15-13-17-19(29-15)20(26)24(8-7-16-5-3-2-4-6-16)21(22-17)28-14-18(25)23-9-11-27-12-10-23/h2-6,15H,7-14H2,1H3/t15-/m0/s1. The average Bonchev–Trinajstić information content (AvgIpc) is 3.13. The van der Waals surface area contributed by atoms with E-state index < -0.39 is 0 Å². The molecule has 1 saturated heterocycles. The predicted molar refractivity (Wildman–Crippen MR) is 116 cm³/mol. The van der Waals surface area contributed by atoms with Gasteiger partial charge in [0.15, 0.2) is 5.16 Å². The maximum Gasteiger partial charge on any atom is 0.268 e. The summed E-state index contributed by atoms with van der Waals surface area (Å²) in [6.07, 6.45) is 1.56. The van der Waals surface area contributed by atoms with Crippen LogP contribution in [0.2, 0.25) is 0 Å². The van der Waals surface area contributed by atoms with Crippen LogP contribution in [-0.2, 0) is 28.9 Å². The van der Waals surface area contributed by atoms with Crippen molar-refractivity contribution in [3.63, 3.8) is 0 Å². The fourth-order valence-electron chi connectivity index (χ4n) is 3.55. The molecule has 3 heterocycles. The lowest BCUT2D eigenvalue weighted by atomic mass is 10.1. The van der Waals surface area contributed by atoms with Gasteiger partial charge in [0.25, 0.3) is 5.56 Å². The van der Waals surface area contributed by atoms with E-state index in [2.05, 4.69) is 19.1 Å². The number of aryl methyl sites for hydroxylation is 1. The van der Waals surface area contributed by atoms with Crippen LogP contribution in [0, 0.1) is 0 Å². The number of ether oxygens (including phenoxy) is 1. The highest BCUT2D eigenvalue weighted by Crippen LogP contribution is 2.34. The van der Waals surface area contributed by atoms with E-state index in [0.717, 1.165) is 23.4 Å². The van der Waals surface area contributed by atoms with Crippen molar-refractivity contribution in [1.29, 1.82) is 0 Å². The van der Waals surface area contributed by atoms with Crippen molar-refractivity contribution in [3.8, 4) is 0 Å². The van der Waals surface area contributed by atoms with Gasteiger partial charge in [0.1, 0.15) is 0 Å². The summed E-state index contributed by atoms with van der Waals surface area (Å²) in [6, 6.07) is 10.1. The van der Waals surface area contributed by atoms with Gasteiger partial charge in [-0.05, 0) is 12.0 Å². The molecule has 0 saturated carbocycles. The lowest BCUT2D eigenvalue weighted by Crippen LogP contribution is -2.41. The molecule has 0 unspecified atom stereocenters. The lowest BCUT2D eigenvalue weighted by Gasteiger charge is -2.26. The smallest absolute Gasteiger partial charge is 0.268 e. The average molecular weight is 432 g/mol. The van der Waals surface area contributed by atoms with Crippen LogP contribution in [0.25, 0.3) is 0 Å². The molecule has 0 spiro atoms. The Morgan fingerprint density at radius 3 is 2.79 bits per heavy atom. The van der Waals surface area contributed by atoms with Gasteiger partial charge in [0.2, 0.25) is 5.91 Å². The maximum absolute atomic E-state index is 13.2. The topological polar surface area (TPSA) is 64.4 Å². The minimum atomic E-state index is 0.0293. The highest BCUT2D eigenvalue weighted by molar-refractivity contribution is 8.00. The quantitative estimate of drug-likeness (QED) is 0.517. The van der Waals surface area contributed by atoms with Crippen molar-refractivity contribution in [2.75, 3.05) is 32.1 Å². The summed E-state index contributed by atoms with van der Waals surface area (Å²) in [5, 5.41) is 1.02. The molecule has 2 aliphatic heterocycles. The Labute approximate surface area is 179 Å². The van der Waals surface area contributed by atoms with Crippen LogP contribution in [-0.4, -0.2) is 57.7 Å². The zero-order valence-electron chi connectivity index (χ0n) is 16.5. The number of rotatable bonds is 6. The van der Waals surface area contributed by atoms with Crippen molar-refractivity contribution in [2.45, 2.75) is 41.6 Å². The summed E-state index contributed by atoms with van der Waals surface area (Å²) in [5.74, 6) is 0.365. The zero-order chi connectivity index (χ0) is 20.2. The summed E-state index contributed by atoms with van der Waals surface area (Å²) in [7, 11) is 0. The molecule has 1 aromatic carbocycles. The number of thioether (sulfide) groups is 2. The second-order valence-electron chi connectivity index (χ2n) is 7.28. The van der Waals surface area contributed by atoms with Crippen molar-refractivity contribution >= 4 is 29.4 Å². The number of morpholine rings is 1. The molecule has 2 aliphatic rings. The van der Waals surface area contributed by atoms with Crippen LogP contribution < -0.4 is 5.56 Å². The molecule has 2 aromatic rings. The molecule has 0 aliphatic carbocycles. The number of hydrogen-bond acceptors (Lipinski definition) is 6. The van der Waals surface area contributed by atoms with E-state index in [9.17, 15) is 9.59 Å². The first-order valence-electron chi connectivity index (χ1n) is 9.94. The van der Waals surface area contributed by atoms with Gasteiger partial charge in [-0.25, -0.2) is 4.98 Å². The zero-order valence-corrected chi connectivity index (χ0v) is 18.1. The minimum absolute atomic E-state index is 0.0293. The molecule has 0 N–H and O–H groups in total. The van der Waals surface area contributed by atoms with E-state index in [1.807, 2.05) is 23.1 Å². The molecule has 29 heavy (non-hydrogen) atoms. The molecule has 8 heteroatoms. The Morgan fingerprint density at radius 1 is 1.28 bits per heavy atom. The predicted octanol–water partition coefficient (Wildman–Crippen LogP) is 2.47. The summed E-state index contributed by atoms with van der Waals surface area (Å²) >= 11 is 2.99. The van der Waals surface area contributed by atoms with Gasteiger partial charge >= 0.3 is 0 Å². The SMILES string of the molecule is C[C@H]1Cc2nc(SCC(=O)N3CCOCC3)n(CCc3ccccc3)c(=O)c2S1. The van der Waals surface area contributed by atoms with Crippen LogP contribution in [0.5, 0.6) is 0 Å². The van der Waals surface area contributed by atoms with Crippen LogP contribution in [0.1, 0.15) is 18.2 Å². The van der Waals surface area contributed by atoms with Gasteiger partial charge in [0.05, 0.1) is 29.6 Å². The number of hydrogen-bond donors (Lipinski definition) is 0. The third-order valence-electron chi connectivity index (χ3n) is 5.12. The van der Waals surface area contributed by atoms with Crippen LogP contribution in [0.3, 0.4) is 0 Å². The number of aromatic nitrogens is 2. The van der Waals surface area contributed by atoms with Crippen molar-refractivity contribution in [2.24, 2.45) is 0 Å². The van der Waals surface area contributed by atoms with Gasteiger partial charge in [-0.2, -0.15) is 0 Å². The number of carbonyl (C=O) groups excluding carboxylic acids is 1. The van der Waals surface area contributed by atoms with Gasteiger partial charge in [-0.1, -0.05) is 49.0 Å². The first-order chi connectivity index (χ1) is 14.1. The van der Waals surface area contributed by atoms with Crippen molar-refractivity contribution < 1.29 is 9.53 Å². The van der Waals surface area contributed by atoms with E-state index in [1.54, 1.807) is 16.3 Å². The first kappa shape index (κ1) is 20.5. The minimum Gasteiger partial charge on any atom is -0.378 e. The van der Waals surface area contributed by atoms with Crippen LogP contribution in [0.4, 0.5) is 0 Å². The second kappa shape index (κ2) is 9.36. The molecule has 6 nitrogen and oxygen atoms in total. The highest BCUT2D eigenvalue weighted by atomic mass is 32.2. The molecule has 0 radical (unpaired) electrons. The largest absolute Gasteiger partial charge is 0.378 e. The number of carbonyl (C=O) groups is 1. The molecule has 0 bridgehead atoms. The molecule has 1 fully saturated rings. The fourth-order valence-corrected chi connectivity index (χ4v) is 5.61. The Kier molecular flexibility index (Phi) is 6.62. The van der Waals surface area contributed by atoms with Crippen molar-refractivity contribution in [3.05, 3.63) is 51.9 Å². The van der Waals surface area contributed by atoms with Gasteiger partial charge in [-0.15, -0.1) is 11.8 Å². The van der Waals surface area contributed by atoms with Gasteiger partial charge < -0.3 is 9.64 Å².